The molecule has 1 aliphatic heterocycles. The van der Waals surface area contributed by atoms with E-state index in [1.807, 2.05) is 113 Å². The lowest BCUT2D eigenvalue weighted by molar-refractivity contribution is -0.134. The third kappa shape index (κ3) is 9.56. The van der Waals surface area contributed by atoms with Crippen molar-refractivity contribution >= 4 is 14.3 Å². The fourth-order valence-corrected chi connectivity index (χ4v) is 9.54. The van der Waals surface area contributed by atoms with Crippen LogP contribution in [0.2, 0.25) is 0 Å². The summed E-state index contributed by atoms with van der Waals surface area (Å²) in [7, 11) is 1.25. The number of aromatic amines is 1. The van der Waals surface area contributed by atoms with Gasteiger partial charge in [-0.15, -0.1) is 0 Å². The van der Waals surface area contributed by atoms with Crippen LogP contribution in [0, 0.1) is 18.3 Å². The molecule has 0 spiro atoms. The maximum Gasteiger partial charge on any atom is 0.330 e. The number of ketones is 1. The molecule has 1 unspecified atom stereocenters. The van der Waals surface area contributed by atoms with Crippen LogP contribution in [-0.2, 0) is 24.1 Å². The minimum absolute atomic E-state index is 0.0127. The van der Waals surface area contributed by atoms with Crippen molar-refractivity contribution in [3.8, 4) is 17.6 Å². The molecule has 0 aliphatic carbocycles. The number of hydrogen-bond acceptors (Lipinski definition) is 11. The third-order valence-electron chi connectivity index (χ3n) is 10.7. The number of nitrogens with one attached hydrogen (secondary N) is 1. The molecule has 1 fully saturated rings. The molecule has 2 heterocycles. The number of H-pyrrole nitrogens is 1. The highest BCUT2D eigenvalue weighted by Gasteiger charge is 2.59. The zero-order chi connectivity index (χ0) is 43.7. The first-order chi connectivity index (χ1) is 29.4. The molecule has 1 saturated heterocycles. The highest BCUT2D eigenvalue weighted by molar-refractivity contribution is 7.44. The van der Waals surface area contributed by atoms with Crippen molar-refractivity contribution in [2.75, 3.05) is 27.4 Å². The number of aryl methyl sites for hydroxylation is 1. The lowest BCUT2D eigenvalue weighted by Gasteiger charge is -2.42. The van der Waals surface area contributed by atoms with Crippen molar-refractivity contribution in [3.63, 3.8) is 0 Å². The molecule has 5 aromatic rings. The van der Waals surface area contributed by atoms with Gasteiger partial charge in [0.2, 0.25) is 0 Å². The normalized spacial score (nSPS) is 18.3. The number of methoxy groups -OCH3 is 2. The monoisotopic (exact) mass is 848 g/mol. The van der Waals surface area contributed by atoms with E-state index in [1.54, 1.807) is 45.4 Å². The van der Waals surface area contributed by atoms with Gasteiger partial charge < -0.3 is 28.0 Å². The molecule has 61 heavy (non-hydrogen) atoms. The van der Waals surface area contributed by atoms with Gasteiger partial charge >= 0.3 is 5.69 Å². The second-order valence-electron chi connectivity index (χ2n) is 15.3. The molecule has 4 aromatic carbocycles. The van der Waals surface area contributed by atoms with Crippen LogP contribution >= 0.6 is 8.53 Å². The number of carbonyl (C=O) groups excluding carboxylic acids is 1. The summed E-state index contributed by atoms with van der Waals surface area (Å²) >= 11 is 0. The van der Waals surface area contributed by atoms with Crippen LogP contribution in [0.25, 0.3) is 0 Å². The number of hydrogen-bond donors (Lipinski definition) is 1. The molecule has 13 nitrogen and oxygen atoms in total. The summed E-state index contributed by atoms with van der Waals surface area (Å²) in [5.41, 5.74) is -1.77. The number of nitriles is 1. The van der Waals surface area contributed by atoms with Gasteiger partial charge in [0.1, 0.15) is 29.4 Å². The molecule has 0 bridgehead atoms. The largest absolute Gasteiger partial charge is 0.497 e. The summed E-state index contributed by atoms with van der Waals surface area (Å²) in [4.78, 5) is 44.1. The van der Waals surface area contributed by atoms with E-state index in [2.05, 4.69) is 15.7 Å². The summed E-state index contributed by atoms with van der Waals surface area (Å²) in [6, 6.07) is 35.5. The molecule has 320 valence electrons. The first-order valence-corrected chi connectivity index (χ1v) is 21.3. The van der Waals surface area contributed by atoms with Crippen LogP contribution in [0.1, 0.15) is 79.4 Å². The topological polar surface area (TPSA) is 154 Å². The molecular weight excluding hydrogens is 796 g/mol. The van der Waals surface area contributed by atoms with Gasteiger partial charge in [-0.3, -0.25) is 19.1 Å². The Bertz CT molecular complexity index is 2330. The summed E-state index contributed by atoms with van der Waals surface area (Å²) in [6.07, 6.45) is -0.668. The number of nitrogens with zero attached hydrogens (tertiary/aromatic N) is 3. The van der Waals surface area contributed by atoms with E-state index in [9.17, 15) is 14.9 Å². The molecule has 0 radical (unpaired) electrons. The van der Waals surface area contributed by atoms with E-state index in [0.717, 1.165) is 16.7 Å². The number of carbonyl (C=O) groups is 1. The van der Waals surface area contributed by atoms with Crippen LogP contribution in [0.5, 0.6) is 11.5 Å². The fourth-order valence-electron chi connectivity index (χ4n) is 7.76. The Balaban J connectivity index is 1.61. The van der Waals surface area contributed by atoms with Crippen molar-refractivity contribution < 1.29 is 32.8 Å². The van der Waals surface area contributed by atoms with Crippen molar-refractivity contribution in [1.82, 2.24) is 14.2 Å². The number of Topliss-reactive ketones (excluding diaryl/α,β-unsaturated/α-hetero) is 1. The van der Waals surface area contributed by atoms with Crippen LogP contribution in [0.15, 0.2) is 125 Å². The molecule has 0 saturated carbocycles. The molecule has 4 atom stereocenters. The zero-order valence-electron chi connectivity index (χ0n) is 35.6. The van der Waals surface area contributed by atoms with Crippen molar-refractivity contribution in [1.29, 1.82) is 5.26 Å². The predicted molar refractivity (Wildman–Crippen MR) is 233 cm³/mol. The average Bonchev–Trinajstić information content (AvgIpc) is 3.64. The van der Waals surface area contributed by atoms with Crippen molar-refractivity contribution in [2.24, 2.45) is 0 Å². The quantitative estimate of drug-likeness (QED) is 0.0371. The Hall–Kier alpha value is -5.45. The van der Waals surface area contributed by atoms with E-state index in [4.69, 9.17) is 28.0 Å². The van der Waals surface area contributed by atoms with E-state index >= 15 is 4.79 Å². The Morgan fingerprint density at radius 3 is 1.95 bits per heavy atom. The maximum atomic E-state index is 15.6. The highest BCUT2D eigenvalue weighted by atomic mass is 31.2. The SMILES string of the molecule is COc1ccc(C(OC[C@@]2(C(=O)c3ccccc3)O[C@@H](n3cc(C)c(=O)[nH]c3=O)C[C@@H]2OP(OCCC#N)N(C(C)C)C(C)C)(c2ccccc2)c2ccc(OC)cc2)cc1. The van der Waals surface area contributed by atoms with Gasteiger partial charge in [0.25, 0.3) is 14.1 Å². The molecular formula is C47H53N4O9P. The first-order valence-electron chi connectivity index (χ1n) is 20.2. The van der Waals surface area contributed by atoms with Crippen LogP contribution in [0.4, 0.5) is 0 Å². The molecule has 1 aromatic heterocycles. The molecule has 1 aliphatic rings. The number of benzene rings is 4. The molecule has 14 heteroatoms. The smallest absolute Gasteiger partial charge is 0.330 e. The highest BCUT2D eigenvalue weighted by Crippen LogP contribution is 2.54. The summed E-state index contributed by atoms with van der Waals surface area (Å²) in [5, 5.41) is 9.49. The van der Waals surface area contributed by atoms with Gasteiger partial charge in [-0.25, -0.2) is 9.46 Å². The number of rotatable bonds is 19. The van der Waals surface area contributed by atoms with Crippen LogP contribution in [-0.4, -0.2) is 71.2 Å². The Morgan fingerprint density at radius 2 is 1.43 bits per heavy atom. The van der Waals surface area contributed by atoms with Gasteiger partial charge in [-0.2, -0.15) is 5.26 Å². The lowest BCUT2D eigenvalue weighted by Crippen LogP contribution is -2.54. The fraction of sp³-hybridized carbons (Fsp3) is 0.362. The van der Waals surface area contributed by atoms with E-state index in [1.165, 1.54) is 10.8 Å². The van der Waals surface area contributed by atoms with Crippen molar-refractivity contribution in [2.45, 2.75) is 83.1 Å². The Morgan fingerprint density at radius 1 is 0.885 bits per heavy atom. The summed E-state index contributed by atoms with van der Waals surface area (Å²) < 4.78 is 42.4. The zero-order valence-corrected chi connectivity index (χ0v) is 36.5. The molecule has 0 amide bonds. The second-order valence-corrected chi connectivity index (χ2v) is 16.7. The third-order valence-corrected chi connectivity index (χ3v) is 12.9. The maximum absolute atomic E-state index is 15.6. The first kappa shape index (κ1) is 45.1. The Kier molecular flexibility index (Phi) is 14.7. The summed E-state index contributed by atoms with van der Waals surface area (Å²) in [6.45, 7) is 9.36. The van der Waals surface area contributed by atoms with Gasteiger partial charge in [0.05, 0.1) is 39.9 Å². The van der Waals surface area contributed by atoms with Gasteiger partial charge in [0.15, 0.2) is 11.4 Å². The van der Waals surface area contributed by atoms with E-state index < -0.39 is 55.7 Å². The van der Waals surface area contributed by atoms with Crippen molar-refractivity contribution in [3.05, 3.63) is 164 Å². The lowest BCUT2D eigenvalue weighted by atomic mass is 9.79. The van der Waals surface area contributed by atoms with Gasteiger partial charge in [0, 0.05) is 35.8 Å². The predicted octanol–water partition coefficient (Wildman–Crippen LogP) is 8.07. The second kappa shape index (κ2) is 19.9. The van der Waals surface area contributed by atoms with E-state index in [-0.39, 0.29) is 37.1 Å². The van der Waals surface area contributed by atoms with Gasteiger partial charge in [-0.05, 0) is 75.6 Å². The average molecular weight is 849 g/mol. The number of aromatic nitrogens is 2. The van der Waals surface area contributed by atoms with Crippen LogP contribution in [0.3, 0.4) is 0 Å². The Labute approximate surface area is 357 Å². The van der Waals surface area contributed by atoms with Crippen LogP contribution < -0.4 is 20.7 Å². The minimum atomic E-state index is -1.94. The summed E-state index contributed by atoms with van der Waals surface area (Å²) in [5.74, 6) is 0.824. The molecule has 1 N–H and O–H groups in total. The van der Waals surface area contributed by atoms with Gasteiger partial charge in [-0.1, -0.05) is 84.9 Å². The minimum Gasteiger partial charge on any atom is -0.497 e. The number of ether oxygens (including phenoxy) is 4. The molecule has 6 rings (SSSR count). The standard InChI is InChI=1S/C47H53N4O9P/c1-32(2)51(33(3)4)61(58-28-14-27-48)60-41-29-42(50-30-34(5)44(53)49-45(50)54)59-46(41,43(52)35-15-10-8-11-16-35)31-57-47(36-17-12-9-13-18-36,37-19-23-39(55-6)24-20-37)38-21-25-40(56-7)26-22-38/h8-13,15-26,30,32-33,41-42H,14,28-29,31H2,1-7H3,(H,49,53,54)/t41-,42+,46+,61?/m0/s1. The van der Waals surface area contributed by atoms with E-state index in [0.29, 0.717) is 17.1 Å².